The van der Waals surface area contributed by atoms with Gasteiger partial charge in [0, 0.05) is 38.2 Å². The Labute approximate surface area is 188 Å². The maximum atomic E-state index is 13.6. The molecule has 2 heterocycles. The van der Waals surface area contributed by atoms with Gasteiger partial charge in [0.15, 0.2) is 0 Å². The highest BCUT2D eigenvalue weighted by molar-refractivity contribution is 5.90. The minimum absolute atomic E-state index is 0.216. The Morgan fingerprint density at radius 3 is 2.47 bits per heavy atom. The molecule has 2 aliphatic rings. The molecular formula is C27H27FN2O2. The standard InChI is InChI=1S/C27H27FN2O2/c1-20-16-21(10-11-25(20)22-6-5-7-23(28)17-22)18-29-14-12-27(13-15-29)19-30(26(31)32-27)24-8-3-2-4-9-24/h2-11,16-17H,12-15,18-19H2,1H3. The average molecular weight is 431 g/mol. The molecule has 0 aliphatic carbocycles. The highest BCUT2D eigenvalue weighted by Gasteiger charge is 2.47. The van der Waals surface area contributed by atoms with Gasteiger partial charge in [-0.1, -0.05) is 48.5 Å². The van der Waals surface area contributed by atoms with E-state index in [-0.39, 0.29) is 17.5 Å². The van der Waals surface area contributed by atoms with Crippen LogP contribution in [0.5, 0.6) is 0 Å². The Bertz CT molecular complexity index is 1120. The van der Waals surface area contributed by atoms with E-state index in [1.54, 1.807) is 17.0 Å². The minimum atomic E-state index is -0.388. The van der Waals surface area contributed by atoms with E-state index in [2.05, 4.69) is 30.0 Å². The molecule has 2 fully saturated rings. The summed E-state index contributed by atoms with van der Waals surface area (Å²) >= 11 is 0. The number of piperidine rings is 1. The van der Waals surface area contributed by atoms with Crippen molar-refractivity contribution in [3.63, 3.8) is 0 Å². The molecule has 2 aliphatic heterocycles. The Balaban J connectivity index is 1.22. The second kappa shape index (κ2) is 8.40. The lowest BCUT2D eigenvalue weighted by molar-refractivity contribution is -0.000974. The van der Waals surface area contributed by atoms with Crippen molar-refractivity contribution in [1.29, 1.82) is 0 Å². The molecule has 3 aromatic carbocycles. The summed E-state index contributed by atoms with van der Waals surface area (Å²) in [6.45, 7) is 5.33. The Kier molecular flexibility index (Phi) is 5.43. The highest BCUT2D eigenvalue weighted by atomic mass is 19.1. The van der Waals surface area contributed by atoms with E-state index in [0.717, 1.165) is 54.9 Å². The molecule has 0 unspecified atom stereocenters. The van der Waals surface area contributed by atoms with Crippen LogP contribution in [0.1, 0.15) is 24.0 Å². The zero-order valence-electron chi connectivity index (χ0n) is 18.3. The van der Waals surface area contributed by atoms with Crippen molar-refractivity contribution in [3.05, 3.63) is 89.7 Å². The molecule has 0 bridgehead atoms. The second-order valence-corrected chi connectivity index (χ2v) is 8.91. The molecule has 5 heteroatoms. The van der Waals surface area contributed by atoms with Crippen LogP contribution in [0.4, 0.5) is 14.9 Å². The highest BCUT2D eigenvalue weighted by Crippen LogP contribution is 2.36. The molecule has 0 aromatic heterocycles. The van der Waals surface area contributed by atoms with Crippen molar-refractivity contribution in [1.82, 2.24) is 4.90 Å². The number of aryl methyl sites for hydroxylation is 1. The van der Waals surface area contributed by atoms with Gasteiger partial charge in [0.1, 0.15) is 11.4 Å². The van der Waals surface area contributed by atoms with Crippen molar-refractivity contribution >= 4 is 11.8 Å². The third-order valence-corrected chi connectivity index (χ3v) is 6.64. The van der Waals surface area contributed by atoms with Gasteiger partial charge in [0.2, 0.25) is 0 Å². The van der Waals surface area contributed by atoms with Crippen LogP contribution in [0.2, 0.25) is 0 Å². The number of amides is 1. The lowest BCUT2D eigenvalue weighted by Crippen LogP contribution is -2.46. The smallest absolute Gasteiger partial charge is 0.415 e. The number of hydrogen-bond donors (Lipinski definition) is 0. The Morgan fingerprint density at radius 1 is 0.969 bits per heavy atom. The molecule has 1 spiro atoms. The van der Waals surface area contributed by atoms with Crippen LogP contribution >= 0.6 is 0 Å². The van der Waals surface area contributed by atoms with Gasteiger partial charge < -0.3 is 4.74 Å². The monoisotopic (exact) mass is 430 g/mol. The number of carbonyl (C=O) groups excluding carboxylic acids is 1. The third-order valence-electron chi connectivity index (χ3n) is 6.64. The van der Waals surface area contributed by atoms with E-state index < -0.39 is 0 Å². The molecule has 0 saturated carbocycles. The molecule has 0 N–H and O–H groups in total. The summed E-state index contributed by atoms with van der Waals surface area (Å²) in [4.78, 5) is 16.7. The predicted octanol–water partition coefficient (Wildman–Crippen LogP) is 5.79. The van der Waals surface area contributed by atoms with Crippen molar-refractivity contribution in [2.75, 3.05) is 24.5 Å². The normalized spacial score (nSPS) is 18.2. The Hall–Kier alpha value is -3.18. The summed E-state index contributed by atoms with van der Waals surface area (Å²) in [5.74, 6) is -0.216. The number of halogens is 1. The third kappa shape index (κ3) is 4.13. The van der Waals surface area contributed by atoms with Crippen LogP contribution in [-0.2, 0) is 11.3 Å². The van der Waals surface area contributed by atoms with Crippen molar-refractivity contribution in [3.8, 4) is 11.1 Å². The molecule has 32 heavy (non-hydrogen) atoms. The zero-order chi connectivity index (χ0) is 22.1. The fourth-order valence-corrected chi connectivity index (χ4v) is 4.87. The predicted molar refractivity (Wildman–Crippen MR) is 124 cm³/mol. The lowest BCUT2D eigenvalue weighted by atomic mass is 9.90. The van der Waals surface area contributed by atoms with Gasteiger partial charge in [-0.2, -0.15) is 0 Å². The SMILES string of the molecule is Cc1cc(CN2CCC3(CC2)CN(c2ccccc2)C(=O)O3)ccc1-c1cccc(F)c1. The van der Waals surface area contributed by atoms with Crippen LogP contribution in [0.25, 0.3) is 11.1 Å². The van der Waals surface area contributed by atoms with Crippen LogP contribution in [0.15, 0.2) is 72.8 Å². The molecule has 0 atom stereocenters. The average Bonchev–Trinajstić information content (AvgIpc) is 3.12. The number of benzene rings is 3. The van der Waals surface area contributed by atoms with Gasteiger partial charge in [0.05, 0.1) is 6.54 Å². The molecule has 0 radical (unpaired) electrons. The molecule has 2 saturated heterocycles. The summed E-state index contributed by atoms with van der Waals surface area (Å²) in [5.41, 5.74) is 4.86. The van der Waals surface area contributed by atoms with E-state index in [1.807, 2.05) is 36.4 Å². The largest absolute Gasteiger partial charge is 0.441 e. The number of ether oxygens (including phenoxy) is 1. The van der Waals surface area contributed by atoms with Crippen LogP contribution < -0.4 is 4.90 Å². The van der Waals surface area contributed by atoms with Crippen molar-refractivity contribution in [2.24, 2.45) is 0 Å². The first-order valence-electron chi connectivity index (χ1n) is 11.1. The second-order valence-electron chi connectivity index (χ2n) is 8.91. The summed E-state index contributed by atoms with van der Waals surface area (Å²) in [5, 5.41) is 0. The van der Waals surface area contributed by atoms with E-state index in [0.29, 0.717) is 6.54 Å². The summed E-state index contributed by atoms with van der Waals surface area (Å²) in [6.07, 6.45) is 1.43. The van der Waals surface area contributed by atoms with Gasteiger partial charge in [-0.25, -0.2) is 9.18 Å². The van der Waals surface area contributed by atoms with E-state index in [9.17, 15) is 9.18 Å². The summed E-state index contributed by atoms with van der Waals surface area (Å²) in [7, 11) is 0. The maximum Gasteiger partial charge on any atom is 0.415 e. The van der Waals surface area contributed by atoms with Gasteiger partial charge in [-0.05, 0) is 53.4 Å². The molecule has 5 rings (SSSR count). The number of rotatable bonds is 4. The number of para-hydroxylation sites is 1. The zero-order valence-corrected chi connectivity index (χ0v) is 18.3. The minimum Gasteiger partial charge on any atom is -0.441 e. The van der Waals surface area contributed by atoms with Gasteiger partial charge in [-0.3, -0.25) is 9.80 Å². The number of hydrogen-bond acceptors (Lipinski definition) is 3. The molecular weight excluding hydrogens is 403 g/mol. The maximum absolute atomic E-state index is 13.6. The molecule has 3 aromatic rings. The first-order chi connectivity index (χ1) is 15.5. The number of carbonyl (C=O) groups is 1. The van der Waals surface area contributed by atoms with E-state index in [1.165, 1.54) is 11.6 Å². The topological polar surface area (TPSA) is 32.8 Å². The Morgan fingerprint density at radius 2 is 1.75 bits per heavy atom. The molecule has 164 valence electrons. The first kappa shape index (κ1) is 20.7. The van der Waals surface area contributed by atoms with E-state index in [4.69, 9.17) is 4.74 Å². The number of anilines is 1. The fourth-order valence-electron chi connectivity index (χ4n) is 4.87. The van der Waals surface area contributed by atoms with Crippen LogP contribution in [0.3, 0.4) is 0 Å². The summed E-state index contributed by atoms with van der Waals surface area (Å²) < 4.78 is 19.5. The molecule has 1 amide bonds. The quantitative estimate of drug-likeness (QED) is 0.525. The van der Waals surface area contributed by atoms with Gasteiger partial charge in [-0.15, -0.1) is 0 Å². The van der Waals surface area contributed by atoms with Crippen LogP contribution in [-0.4, -0.2) is 36.2 Å². The van der Waals surface area contributed by atoms with E-state index >= 15 is 0 Å². The summed E-state index contributed by atoms with van der Waals surface area (Å²) in [6, 6.07) is 22.9. The lowest BCUT2D eigenvalue weighted by Gasteiger charge is -2.37. The fraction of sp³-hybridized carbons (Fsp3) is 0.296. The molecule has 4 nitrogen and oxygen atoms in total. The van der Waals surface area contributed by atoms with Crippen molar-refractivity contribution < 1.29 is 13.9 Å². The van der Waals surface area contributed by atoms with Gasteiger partial charge >= 0.3 is 6.09 Å². The number of likely N-dealkylation sites (tertiary alicyclic amines) is 1. The number of nitrogens with zero attached hydrogens (tertiary/aromatic N) is 2. The van der Waals surface area contributed by atoms with Gasteiger partial charge in [0.25, 0.3) is 0 Å². The van der Waals surface area contributed by atoms with Crippen LogP contribution in [0, 0.1) is 12.7 Å². The first-order valence-corrected chi connectivity index (χ1v) is 11.1. The van der Waals surface area contributed by atoms with Crippen molar-refractivity contribution in [2.45, 2.75) is 31.9 Å².